The molecule has 0 atom stereocenters. The molecular weight excluding hydrogens is 322 g/mol. The van der Waals surface area contributed by atoms with E-state index in [9.17, 15) is 26.8 Å². The second-order valence-corrected chi connectivity index (χ2v) is 5.92. The summed E-state index contributed by atoms with van der Waals surface area (Å²) in [6.07, 6.45) is 0. The molecule has 1 aromatic carbocycles. The Hall–Kier alpha value is -1.94. The van der Waals surface area contributed by atoms with E-state index >= 15 is 0 Å². The van der Waals surface area contributed by atoms with Gasteiger partial charge in [0.1, 0.15) is 0 Å². The Morgan fingerprint density at radius 1 is 1.30 bits per heavy atom. The van der Waals surface area contributed by atoms with Gasteiger partial charge in [0.15, 0.2) is 24.0 Å². The summed E-state index contributed by atoms with van der Waals surface area (Å²) >= 11 is 0. The number of hydrogen-bond donors (Lipinski definition) is 2. The number of nitrogens with one attached hydrogen (secondary N) is 1. The average molecular weight is 329 g/mol. The second kappa shape index (κ2) is 6.01. The van der Waals surface area contributed by atoms with Crippen LogP contribution in [0.25, 0.3) is 0 Å². The zero-order chi connectivity index (χ0) is 15.5. The molecule has 0 saturated carbocycles. The Labute approximate surface area is 116 Å². The van der Waals surface area contributed by atoms with Gasteiger partial charge in [-0.2, -0.15) is 0 Å². The van der Waals surface area contributed by atoms with E-state index in [0.717, 1.165) is 0 Å². The molecular formula is C9H7ClF2N2O5S. The molecule has 1 rings (SSSR count). The number of halogens is 3. The maximum absolute atomic E-state index is 13.4. The summed E-state index contributed by atoms with van der Waals surface area (Å²) in [5.74, 6) is -4.79. The van der Waals surface area contributed by atoms with Crippen molar-refractivity contribution in [3.05, 3.63) is 23.8 Å². The highest BCUT2D eigenvalue weighted by atomic mass is 35.7. The lowest BCUT2D eigenvalue weighted by atomic mass is 10.3. The van der Waals surface area contributed by atoms with Crippen molar-refractivity contribution >= 4 is 31.7 Å². The summed E-state index contributed by atoms with van der Waals surface area (Å²) in [5, 5.41) is 1.60. The van der Waals surface area contributed by atoms with Gasteiger partial charge in [-0.3, -0.25) is 10.1 Å². The van der Waals surface area contributed by atoms with E-state index in [-0.39, 0.29) is 0 Å². The van der Waals surface area contributed by atoms with Crippen LogP contribution in [0.4, 0.5) is 13.6 Å². The predicted octanol–water partition coefficient (Wildman–Crippen LogP) is 0.466. The van der Waals surface area contributed by atoms with Gasteiger partial charge in [0.25, 0.3) is 15.0 Å². The first-order valence-electron chi connectivity index (χ1n) is 4.77. The smallest absolute Gasteiger partial charge is 0.318 e. The highest BCUT2D eigenvalue weighted by Crippen LogP contribution is 2.26. The Bertz CT molecular complexity index is 641. The van der Waals surface area contributed by atoms with Crippen LogP contribution in [-0.2, 0) is 13.8 Å². The van der Waals surface area contributed by atoms with Crippen LogP contribution >= 0.6 is 10.7 Å². The van der Waals surface area contributed by atoms with Crippen molar-refractivity contribution in [1.82, 2.24) is 5.32 Å². The monoisotopic (exact) mass is 328 g/mol. The zero-order valence-corrected chi connectivity index (χ0v) is 11.1. The van der Waals surface area contributed by atoms with Crippen LogP contribution in [0.5, 0.6) is 5.75 Å². The molecule has 0 aliphatic heterocycles. The van der Waals surface area contributed by atoms with Crippen LogP contribution in [0, 0.1) is 11.6 Å². The molecule has 0 heterocycles. The van der Waals surface area contributed by atoms with E-state index in [1.54, 1.807) is 5.32 Å². The Kier molecular flexibility index (Phi) is 4.84. The summed E-state index contributed by atoms with van der Waals surface area (Å²) in [6.45, 7) is -0.899. The van der Waals surface area contributed by atoms with Gasteiger partial charge >= 0.3 is 6.03 Å². The van der Waals surface area contributed by atoms with Gasteiger partial charge < -0.3 is 10.5 Å². The fourth-order valence-corrected chi connectivity index (χ4v) is 1.88. The molecule has 0 aliphatic rings. The van der Waals surface area contributed by atoms with Crippen molar-refractivity contribution in [2.24, 2.45) is 5.73 Å². The lowest BCUT2D eigenvalue weighted by Crippen LogP contribution is -2.38. The number of hydrogen-bond acceptors (Lipinski definition) is 5. The minimum absolute atomic E-state index is 0.423. The molecule has 7 nitrogen and oxygen atoms in total. The van der Waals surface area contributed by atoms with Crippen LogP contribution < -0.4 is 15.8 Å². The molecule has 0 bridgehead atoms. The molecule has 110 valence electrons. The third-order valence-corrected chi connectivity index (χ3v) is 3.20. The van der Waals surface area contributed by atoms with Crippen LogP contribution in [0.1, 0.15) is 0 Å². The summed E-state index contributed by atoms with van der Waals surface area (Å²) in [5.41, 5.74) is 4.63. The largest absolute Gasteiger partial charge is 0.478 e. The van der Waals surface area contributed by atoms with Gasteiger partial charge in [-0.25, -0.2) is 22.0 Å². The number of ether oxygens (including phenoxy) is 1. The van der Waals surface area contributed by atoms with Crippen LogP contribution in [-0.4, -0.2) is 27.0 Å². The van der Waals surface area contributed by atoms with E-state index < -0.39 is 49.9 Å². The molecule has 0 saturated heterocycles. The number of primary amides is 1. The van der Waals surface area contributed by atoms with Crippen LogP contribution in [0.3, 0.4) is 0 Å². The number of rotatable bonds is 4. The second-order valence-electron chi connectivity index (χ2n) is 3.35. The fourth-order valence-electron chi connectivity index (χ4n) is 1.13. The van der Waals surface area contributed by atoms with Crippen molar-refractivity contribution in [2.75, 3.05) is 6.61 Å². The molecule has 0 spiro atoms. The Morgan fingerprint density at radius 3 is 2.20 bits per heavy atom. The van der Waals surface area contributed by atoms with Crippen molar-refractivity contribution in [2.45, 2.75) is 4.90 Å². The zero-order valence-electron chi connectivity index (χ0n) is 9.52. The molecule has 0 aromatic heterocycles. The number of urea groups is 1. The first-order chi connectivity index (χ1) is 9.11. The summed E-state index contributed by atoms with van der Waals surface area (Å²) in [4.78, 5) is 20.5. The normalized spacial score (nSPS) is 10.9. The van der Waals surface area contributed by atoms with Crippen LogP contribution in [0.2, 0.25) is 0 Å². The van der Waals surface area contributed by atoms with E-state index in [1.807, 2.05) is 0 Å². The Morgan fingerprint density at radius 2 is 1.80 bits per heavy atom. The highest BCUT2D eigenvalue weighted by molar-refractivity contribution is 8.13. The topological polar surface area (TPSA) is 116 Å². The first-order valence-corrected chi connectivity index (χ1v) is 7.08. The maximum atomic E-state index is 13.4. The molecule has 3 amide bonds. The summed E-state index contributed by atoms with van der Waals surface area (Å²) < 4.78 is 53.2. The number of nitrogens with two attached hydrogens (primary N) is 1. The lowest BCUT2D eigenvalue weighted by molar-refractivity contribution is -0.122. The number of benzene rings is 1. The number of amides is 3. The van der Waals surface area contributed by atoms with Gasteiger partial charge in [0.2, 0.25) is 0 Å². The maximum Gasteiger partial charge on any atom is 0.318 e. The molecule has 0 fully saturated rings. The van der Waals surface area contributed by atoms with Gasteiger partial charge in [0.05, 0.1) is 4.90 Å². The van der Waals surface area contributed by atoms with Crippen LogP contribution in [0.15, 0.2) is 17.0 Å². The minimum Gasteiger partial charge on any atom is -0.478 e. The summed E-state index contributed by atoms with van der Waals surface area (Å²) in [7, 11) is 0.607. The molecule has 0 radical (unpaired) electrons. The molecule has 3 N–H and O–H groups in total. The average Bonchev–Trinajstić information content (AvgIpc) is 2.25. The number of carbonyl (C=O) groups excluding carboxylic acids is 2. The predicted molar refractivity (Wildman–Crippen MR) is 62.6 cm³/mol. The van der Waals surface area contributed by atoms with Crippen molar-refractivity contribution in [1.29, 1.82) is 0 Å². The summed E-state index contributed by atoms with van der Waals surface area (Å²) in [6, 6.07) is -0.317. The van der Waals surface area contributed by atoms with E-state index in [2.05, 4.69) is 10.5 Å². The van der Waals surface area contributed by atoms with Crippen molar-refractivity contribution in [3.63, 3.8) is 0 Å². The van der Waals surface area contributed by atoms with E-state index in [4.69, 9.17) is 10.7 Å². The quantitative estimate of drug-likeness (QED) is 0.779. The molecule has 20 heavy (non-hydrogen) atoms. The SMILES string of the molecule is NC(=O)NC(=O)COc1c(F)cc(S(=O)(=O)Cl)cc1F. The molecule has 11 heteroatoms. The standard InChI is InChI=1S/C9H7ClF2N2O5S/c10-20(17,18)4-1-5(11)8(6(12)2-4)19-3-7(15)14-9(13)16/h1-2H,3H2,(H3,13,14,15,16). The highest BCUT2D eigenvalue weighted by Gasteiger charge is 2.19. The molecule has 0 unspecified atom stereocenters. The van der Waals surface area contributed by atoms with E-state index in [0.29, 0.717) is 12.1 Å². The van der Waals surface area contributed by atoms with E-state index in [1.165, 1.54) is 0 Å². The van der Waals surface area contributed by atoms with Crippen molar-refractivity contribution in [3.8, 4) is 5.75 Å². The third kappa shape index (κ3) is 4.31. The van der Waals surface area contributed by atoms with Gasteiger partial charge in [0, 0.05) is 10.7 Å². The third-order valence-electron chi connectivity index (χ3n) is 1.86. The molecule has 1 aromatic rings. The van der Waals surface area contributed by atoms with Gasteiger partial charge in [-0.05, 0) is 12.1 Å². The molecule has 0 aliphatic carbocycles. The number of imide groups is 1. The first kappa shape index (κ1) is 16.1. The fraction of sp³-hybridized carbons (Fsp3) is 0.111. The van der Waals surface area contributed by atoms with Gasteiger partial charge in [-0.1, -0.05) is 0 Å². The van der Waals surface area contributed by atoms with Gasteiger partial charge in [-0.15, -0.1) is 0 Å². The Balaban J connectivity index is 2.93. The number of carbonyl (C=O) groups is 2. The lowest BCUT2D eigenvalue weighted by Gasteiger charge is -2.08. The minimum atomic E-state index is -4.32. The van der Waals surface area contributed by atoms with Crippen molar-refractivity contribution < 1.29 is 31.5 Å².